The molecule has 5 unspecified atom stereocenters. The first-order chi connectivity index (χ1) is 34.5. The zero-order chi connectivity index (χ0) is 49.3. The summed E-state index contributed by atoms with van der Waals surface area (Å²) < 4.78 is 4.90. The Hall–Kier alpha value is -4.66. The van der Waals surface area contributed by atoms with Gasteiger partial charge in [-0.25, -0.2) is 0 Å². The van der Waals surface area contributed by atoms with Crippen molar-refractivity contribution in [3.05, 3.63) is 207 Å². The van der Waals surface area contributed by atoms with Crippen LogP contribution >= 0.6 is 17.0 Å². The van der Waals surface area contributed by atoms with E-state index in [9.17, 15) is 0 Å². The first kappa shape index (κ1) is 54.6. The van der Waals surface area contributed by atoms with Crippen molar-refractivity contribution < 1.29 is 20.8 Å². The average molecular weight is 1080 g/mol. The Labute approximate surface area is 456 Å². The topological polar surface area (TPSA) is 9.86 Å². The van der Waals surface area contributed by atoms with Crippen LogP contribution in [-0.2, 0) is 27.3 Å². The summed E-state index contributed by atoms with van der Waals surface area (Å²) in [5, 5.41) is 8.11. The monoisotopic (exact) mass is 1080 g/mol. The van der Waals surface area contributed by atoms with Gasteiger partial charge in [0.2, 0.25) is 0 Å². The summed E-state index contributed by atoms with van der Waals surface area (Å²) in [5.41, 5.74) is 12.3. The minimum atomic E-state index is -0.826. The molecular formula is C68H76Cl2N2Zr. The normalized spacial score (nSPS) is 24.6. The summed E-state index contributed by atoms with van der Waals surface area (Å²) >= 11 is -0.826. The number of hydrogen-bond donors (Lipinski definition) is 0. The summed E-state index contributed by atoms with van der Waals surface area (Å²) in [7, 11) is 9.87. The molecule has 0 saturated heterocycles. The zero-order valence-electron chi connectivity index (χ0n) is 44.7. The van der Waals surface area contributed by atoms with E-state index >= 15 is 0 Å². The molecule has 5 atom stereocenters. The van der Waals surface area contributed by atoms with Gasteiger partial charge in [0.25, 0.3) is 0 Å². The van der Waals surface area contributed by atoms with E-state index in [0.29, 0.717) is 12.0 Å². The molecule has 2 heterocycles. The molecule has 4 aliphatic rings. The predicted octanol–water partition coefficient (Wildman–Crippen LogP) is 20.4. The van der Waals surface area contributed by atoms with Crippen LogP contribution < -0.4 is 0 Å². The van der Waals surface area contributed by atoms with Crippen LogP contribution in [0, 0.1) is 62.2 Å². The summed E-state index contributed by atoms with van der Waals surface area (Å²) in [6.45, 7) is 16.7. The van der Waals surface area contributed by atoms with E-state index in [1.165, 1.54) is 103 Å². The summed E-state index contributed by atoms with van der Waals surface area (Å²) in [5.74, 6) is 7.90. The van der Waals surface area contributed by atoms with Crippen LogP contribution in [0.15, 0.2) is 176 Å². The second kappa shape index (κ2) is 23.9. The van der Waals surface area contributed by atoms with Gasteiger partial charge in [0.05, 0.1) is 5.52 Å². The molecule has 376 valence electrons. The van der Waals surface area contributed by atoms with Crippen molar-refractivity contribution >= 4 is 66.5 Å². The van der Waals surface area contributed by atoms with Gasteiger partial charge in [-0.1, -0.05) is 175 Å². The van der Waals surface area contributed by atoms with Crippen molar-refractivity contribution in [2.24, 2.45) is 47.3 Å². The number of halogens is 2. The molecule has 3 saturated carbocycles. The van der Waals surface area contributed by atoms with Crippen molar-refractivity contribution in [1.29, 1.82) is 0 Å². The van der Waals surface area contributed by atoms with Crippen LogP contribution in [0.5, 0.6) is 0 Å². The van der Waals surface area contributed by atoms with E-state index in [4.69, 9.17) is 17.0 Å². The third-order valence-corrected chi connectivity index (χ3v) is 18.1. The predicted molar refractivity (Wildman–Crippen MR) is 316 cm³/mol. The van der Waals surface area contributed by atoms with Crippen LogP contribution in [0.3, 0.4) is 0 Å². The number of fused-ring (bicyclic) bond motifs is 6. The molecule has 3 fully saturated rings. The van der Waals surface area contributed by atoms with Crippen LogP contribution in [0.1, 0.15) is 103 Å². The Morgan fingerprint density at radius 1 is 0.507 bits per heavy atom. The Morgan fingerprint density at radius 2 is 1.04 bits per heavy atom. The van der Waals surface area contributed by atoms with E-state index < -0.39 is 20.8 Å². The molecule has 0 bridgehead atoms. The molecule has 2 nitrogen and oxygen atoms in total. The van der Waals surface area contributed by atoms with Crippen molar-refractivity contribution in [3.63, 3.8) is 0 Å². The van der Waals surface area contributed by atoms with Crippen molar-refractivity contribution in [1.82, 2.24) is 9.13 Å². The van der Waals surface area contributed by atoms with Crippen molar-refractivity contribution in [2.45, 2.75) is 92.5 Å². The molecule has 73 heavy (non-hydrogen) atoms. The van der Waals surface area contributed by atoms with Crippen LogP contribution in [0.2, 0.25) is 0 Å². The molecule has 0 spiro atoms. The Balaban J connectivity index is 0.000000154. The third kappa shape index (κ3) is 11.0. The third-order valence-electron chi connectivity index (χ3n) is 18.1. The number of allylic oxidation sites excluding steroid dienone is 1. The van der Waals surface area contributed by atoms with Crippen molar-refractivity contribution in [3.8, 4) is 16.8 Å². The second-order valence-electron chi connectivity index (χ2n) is 21.9. The molecular weight excluding hydrogens is 1010 g/mol. The standard InChI is InChI=1S/C28H29N.C28H21N.C10H20.2CH3.2ClH.Zr/c2*1-19-15-22-17-23(29-14-13-21-8-3-5-12-28(21)29)18-27(26(22)16-19)25-11-6-9-20-7-2-4-10-24(20)25;1-6-7(2)9(4)10(5)8(6)3;;;;;/h2-14,19,22-23,26-27H,15-18H2,1H3;2-15,17-18H,16H2,1H3;6-10H,1-5H3;2*1H3;2*1H;/q;;;2*-1;;;+4/p-2. The number of rotatable bonds is 4. The Bertz CT molecular complexity index is 3270. The van der Waals surface area contributed by atoms with Crippen LogP contribution in [0.25, 0.3) is 66.2 Å². The Morgan fingerprint density at radius 3 is 1.71 bits per heavy atom. The molecule has 0 N–H and O–H groups in total. The van der Waals surface area contributed by atoms with E-state index in [1.807, 2.05) is 0 Å². The van der Waals surface area contributed by atoms with Gasteiger partial charge in [0.1, 0.15) is 0 Å². The molecule has 0 amide bonds. The number of para-hydroxylation sites is 2. The van der Waals surface area contributed by atoms with E-state index in [0.717, 1.165) is 53.8 Å². The Kier molecular flexibility index (Phi) is 17.9. The molecule has 9 aromatic rings. The van der Waals surface area contributed by atoms with Gasteiger partial charge in [-0.3, -0.25) is 0 Å². The molecule has 5 heteroatoms. The fraction of sp³-hybridized carbons (Fsp3) is 0.324. The number of benzene rings is 7. The molecule has 4 aliphatic carbocycles. The summed E-state index contributed by atoms with van der Waals surface area (Å²) in [4.78, 5) is 0. The van der Waals surface area contributed by atoms with Crippen LogP contribution in [0.4, 0.5) is 0 Å². The van der Waals surface area contributed by atoms with E-state index in [-0.39, 0.29) is 14.9 Å². The van der Waals surface area contributed by atoms with Gasteiger partial charge >= 0.3 is 37.9 Å². The van der Waals surface area contributed by atoms with Gasteiger partial charge in [0, 0.05) is 29.6 Å². The maximum atomic E-state index is 4.93. The molecule has 2 aromatic heterocycles. The van der Waals surface area contributed by atoms with Gasteiger partial charge in [0.15, 0.2) is 0 Å². The van der Waals surface area contributed by atoms with E-state index in [1.54, 1.807) is 5.56 Å². The first-order valence-corrected chi connectivity index (χ1v) is 32.7. The second-order valence-corrected chi connectivity index (χ2v) is 25.7. The van der Waals surface area contributed by atoms with Gasteiger partial charge in [-0.15, -0.1) is 0 Å². The molecule has 7 aromatic carbocycles. The first-order valence-electron chi connectivity index (χ1n) is 26.4. The molecule has 0 radical (unpaired) electrons. The van der Waals surface area contributed by atoms with E-state index in [2.05, 4.69) is 234 Å². The molecule has 0 aliphatic heterocycles. The summed E-state index contributed by atoms with van der Waals surface area (Å²) in [6, 6.07) is 58.6. The zero-order valence-corrected chi connectivity index (χ0v) is 48.7. The van der Waals surface area contributed by atoms with Gasteiger partial charge in [-0.2, -0.15) is 0 Å². The number of aromatic nitrogens is 2. The maximum absolute atomic E-state index is 4.93. The number of nitrogens with zero attached hydrogens (tertiary/aromatic N) is 2. The van der Waals surface area contributed by atoms with Gasteiger partial charge in [-0.05, 0) is 189 Å². The van der Waals surface area contributed by atoms with Crippen LogP contribution in [-0.4, -0.2) is 9.13 Å². The number of hydrogen-bond acceptors (Lipinski definition) is 0. The fourth-order valence-corrected chi connectivity index (χ4v) is 13.8. The quantitative estimate of drug-likeness (QED) is 0.155. The van der Waals surface area contributed by atoms with Crippen molar-refractivity contribution in [2.75, 3.05) is 0 Å². The molecule has 13 rings (SSSR count). The SMILES string of the molecule is CC1=Cc2cc(-n3ccc4ccccc43)cc(-c3cccc4ccccc34)c2C1.CC1C(C)C(C)C(C)C1C.CC1CC2CC(n3ccc4ccccc43)CC(c3cccc4ccccc34)C2C1.[CH3-].[CH3-].[Cl][Zr+2][Cl]. The van der Waals surface area contributed by atoms with Gasteiger partial charge < -0.3 is 24.0 Å². The fourth-order valence-electron chi connectivity index (χ4n) is 13.8. The average Bonchev–Trinajstić information content (AvgIpc) is 4.23. The minimum absolute atomic E-state index is 0. The summed E-state index contributed by atoms with van der Waals surface area (Å²) in [6.07, 6.45) is 13.3.